The Morgan fingerprint density at radius 1 is 0.808 bits per heavy atom. The minimum atomic E-state index is -0.780. The van der Waals surface area contributed by atoms with Crippen molar-refractivity contribution in [3.05, 3.63) is 24.3 Å². The van der Waals surface area contributed by atoms with Crippen LogP contribution in [0.4, 0.5) is 0 Å². The fourth-order valence-corrected chi connectivity index (χ4v) is 11.3. The van der Waals surface area contributed by atoms with Gasteiger partial charge in [0.25, 0.3) is 0 Å². The van der Waals surface area contributed by atoms with Gasteiger partial charge in [-0.05, 0) is 62.0 Å². The Bertz CT molecular complexity index is 1380. The molecule has 10 aliphatic heterocycles. The molecule has 12 nitrogen and oxygen atoms in total. The number of aliphatic hydroxyl groups is 1. The average Bonchev–Trinajstić information content (AvgIpc) is 3.79. The van der Waals surface area contributed by atoms with E-state index in [1.165, 1.54) is 0 Å². The van der Waals surface area contributed by atoms with Crippen LogP contribution in [-0.2, 0) is 47.4 Å². The largest absolute Gasteiger partial charge is 0.392 e. The zero-order valence-corrected chi connectivity index (χ0v) is 30.8. The van der Waals surface area contributed by atoms with E-state index in [1.807, 2.05) is 0 Å². The molecule has 10 heterocycles. The number of carbonyl (C=O) groups excluding carboxylic acids is 1. The quantitative estimate of drug-likeness (QED) is 0.409. The number of hydrogen-bond acceptors (Lipinski definition) is 12. The normalized spacial score (nSPS) is 52.4. The lowest BCUT2D eigenvalue weighted by Gasteiger charge is -2.47. The van der Waals surface area contributed by atoms with E-state index in [9.17, 15) is 9.90 Å². The van der Waals surface area contributed by atoms with Gasteiger partial charge in [0.2, 0.25) is 0 Å². The maximum atomic E-state index is 14.1. The molecule has 0 aliphatic carbocycles. The number of aliphatic hydroxyl groups excluding tert-OH is 1. The predicted molar refractivity (Wildman–Crippen MR) is 186 cm³/mol. The summed E-state index contributed by atoms with van der Waals surface area (Å²) in [5.74, 6) is -0.619. The van der Waals surface area contributed by atoms with Crippen LogP contribution >= 0.6 is 0 Å². The molecule has 0 aromatic rings. The summed E-state index contributed by atoms with van der Waals surface area (Å²) < 4.78 is 60.0. The summed E-state index contributed by atoms with van der Waals surface area (Å²) in [6, 6.07) is 0. The zero-order chi connectivity index (χ0) is 35.9. The van der Waals surface area contributed by atoms with Crippen molar-refractivity contribution >= 4 is 5.78 Å². The lowest BCUT2D eigenvalue weighted by molar-refractivity contribution is -0.292. The van der Waals surface area contributed by atoms with Gasteiger partial charge in [0, 0.05) is 58.1 Å². The van der Waals surface area contributed by atoms with Crippen molar-refractivity contribution in [3.63, 3.8) is 0 Å². The Labute approximate surface area is 307 Å². The molecular formula is C40H59NO11. The van der Waals surface area contributed by atoms with Gasteiger partial charge in [0.1, 0.15) is 36.3 Å². The molecule has 52 heavy (non-hydrogen) atoms. The highest BCUT2D eigenvalue weighted by Gasteiger charge is 2.68. The van der Waals surface area contributed by atoms with Gasteiger partial charge in [0.05, 0.1) is 67.1 Å². The van der Waals surface area contributed by atoms with Crippen LogP contribution in [-0.4, -0.2) is 128 Å². The molecule has 0 radical (unpaired) electrons. The highest BCUT2D eigenvalue weighted by Crippen LogP contribution is 2.54. The Morgan fingerprint density at radius 3 is 2.38 bits per heavy atom. The summed E-state index contributed by atoms with van der Waals surface area (Å²) in [5.41, 5.74) is 8.01. The molecular weight excluding hydrogens is 670 g/mol. The van der Waals surface area contributed by atoms with Crippen molar-refractivity contribution in [1.29, 1.82) is 0 Å². The van der Waals surface area contributed by atoms with Crippen LogP contribution < -0.4 is 5.73 Å². The summed E-state index contributed by atoms with van der Waals surface area (Å²) in [4.78, 5) is 14.1. The van der Waals surface area contributed by atoms with Gasteiger partial charge < -0.3 is 53.5 Å². The SMILES string of the molecule is C=C1C2CC3OC(CC(O)CN)[C@H](OC)C3CC(=O)CC3CCC4O[C@@H]5C6O[C@@H]7C[C@@](CCC8CC(=C)[C@H](CCC(C[C@H]1C)O2)O8)(OC57)O[C@H]6[C@H]4O3. The molecule has 0 aromatic heterocycles. The lowest BCUT2D eigenvalue weighted by Crippen LogP contribution is -2.61. The van der Waals surface area contributed by atoms with E-state index >= 15 is 0 Å². The van der Waals surface area contributed by atoms with E-state index in [0.717, 1.165) is 56.1 Å². The van der Waals surface area contributed by atoms with Crippen molar-refractivity contribution < 1.29 is 52.5 Å². The number of hydrogen-bond donors (Lipinski definition) is 2. The highest BCUT2D eigenvalue weighted by atomic mass is 16.8. The van der Waals surface area contributed by atoms with E-state index < -0.39 is 18.0 Å². The van der Waals surface area contributed by atoms with Gasteiger partial charge in [0.15, 0.2) is 5.79 Å². The first-order valence-electron chi connectivity index (χ1n) is 20.2. The second-order valence-corrected chi connectivity index (χ2v) is 17.4. The van der Waals surface area contributed by atoms with Crippen molar-refractivity contribution in [2.24, 2.45) is 17.6 Å². The molecule has 12 heteroatoms. The third-order valence-electron chi connectivity index (χ3n) is 14.0. The van der Waals surface area contributed by atoms with Crippen LogP contribution in [0.1, 0.15) is 90.4 Å². The Morgan fingerprint density at radius 2 is 1.56 bits per heavy atom. The predicted octanol–water partition coefficient (Wildman–Crippen LogP) is 3.44. The number of carbonyl (C=O) groups is 1. The van der Waals surface area contributed by atoms with Gasteiger partial charge in [-0.3, -0.25) is 4.79 Å². The van der Waals surface area contributed by atoms with Crippen LogP contribution in [0.5, 0.6) is 0 Å². The first-order chi connectivity index (χ1) is 25.1. The molecule has 10 aliphatic rings. The molecule has 11 unspecified atom stereocenters. The second-order valence-electron chi connectivity index (χ2n) is 17.4. The summed E-state index contributed by atoms with van der Waals surface area (Å²) in [5, 5.41) is 10.5. The van der Waals surface area contributed by atoms with E-state index in [1.54, 1.807) is 7.11 Å². The zero-order valence-electron chi connectivity index (χ0n) is 30.8. The molecule has 10 fully saturated rings. The Balaban J connectivity index is 0.994. The topological polar surface area (TPSA) is 146 Å². The number of rotatable bonds is 4. The maximum absolute atomic E-state index is 14.1. The van der Waals surface area contributed by atoms with Crippen molar-refractivity contribution in [3.8, 4) is 0 Å². The molecule has 12 bridgehead atoms. The fraction of sp³-hybridized carbons (Fsp3) is 0.875. The smallest absolute Gasteiger partial charge is 0.172 e. The van der Waals surface area contributed by atoms with E-state index in [-0.39, 0.29) is 122 Å². The van der Waals surface area contributed by atoms with Gasteiger partial charge in [-0.2, -0.15) is 0 Å². The molecule has 0 amide bonds. The minimum Gasteiger partial charge on any atom is -0.392 e. The molecule has 10 rings (SSSR count). The molecule has 290 valence electrons. The number of fused-ring (bicyclic) bond motifs is 6. The number of ether oxygens (including phenoxy) is 9. The maximum Gasteiger partial charge on any atom is 0.172 e. The minimum absolute atomic E-state index is 0.0158. The lowest BCUT2D eigenvalue weighted by atomic mass is 9.81. The van der Waals surface area contributed by atoms with Gasteiger partial charge in [-0.25, -0.2) is 0 Å². The molecule has 10 saturated heterocycles. The van der Waals surface area contributed by atoms with Crippen LogP contribution in [0.25, 0.3) is 0 Å². The van der Waals surface area contributed by atoms with E-state index in [4.69, 9.17) is 48.4 Å². The van der Waals surface area contributed by atoms with E-state index in [0.29, 0.717) is 25.7 Å². The van der Waals surface area contributed by atoms with Crippen LogP contribution in [0.2, 0.25) is 0 Å². The third-order valence-corrected chi connectivity index (χ3v) is 14.0. The number of ketones is 1. The number of nitrogens with two attached hydrogens (primary N) is 1. The summed E-state index contributed by atoms with van der Waals surface area (Å²) in [6.07, 6.45) is 4.85. The van der Waals surface area contributed by atoms with Gasteiger partial charge in [-0.1, -0.05) is 20.1 Å². The number of methoxy groups -OCH3 is 1. The molecule has 0 aromatic carbocycles. The molecule has 0 saturated carbocycles. The summed E-state index contributed by atoms with van der Waals surface area (Å²) >= 11 is 0. The number of Topliss-reactive ketones (excluding diaryl/α,β-unsaturated/α-hetero) is 1. The second kappa shape index (κ2) is 14.3. The summed E-state index contributed by atoms with van der Waals surface area (Å²) in [7, 11) is 1.66. The monoisotopic (exact) mass is 729 g/mol. The standard InChI is InChI=1S/C40H59NO11/c1-19-11-24-5-7-28-20(2)12-26(45-28)9-10-40-17-33-36(51-40)37-38(50-33)39(52-40)35-29(49-37)8-6-25(47-35)13-22(42)14-27-31(16-30(46-24)21(19)3)48-32(34(27)44-4)15-23(43)18-41/h19,23-39,43H,2-3,5-18,41H2,1,4H3/t19-,23?,24?,25?,26?,27?,28+,29?,30?,31?,32?,33-,34-,35+,36?,37+,38?,39+,40+/m1/s1. The van der Waals surface area contributed by atoms with Crippen LogP contribution in [0.15, 0.2) is 24.3 Å². The first-order valence-corrected chi connectivity index (χ1v) is 20.2. The molecule has 3 N–H and O–H groups in total. The molecule has 19 atom stereocenters. The third kappa shape index (κ3) is 6.59. The van der Waals surface area contributed by atoms with Crippen LogP contribution in [0.3, 0.4) is 0 Å². The van der Waals surface area contributed by atoms with E-state index in [2.05, 4.69) is 20.1 Å². The van der Waals surface area contributed by atoms with Crippen molar-refractivity contribution in [2.45, 2.75) is 194 Å². The van der Waals surface area contributed by atoms with Crippen molar-refractivity contribution in [1.82, 2.24) is 0 Å². The molecule has 1 spiro atoms. The van der Waals surface area contributed by atoms with Gasteiger partial charge in [-0.15, -0.1) is 0 Å². The Kier molecular flexibility index (Phi) is 10.0. The Hall–Kier alpha value is -1.29. The summed E-state index contributed by atoms with van der Waals surface area (Å²) in [6.45, 7) is 11.3. The fourth-order valence-electron chi connectivity index (χ4n) is 11.3. The average molecular weight is 730 g/mol. The highest BCUT2D eigenvalue weighted by molar-refractivity contribution is 5.79. The van der Waals surface area contributed by atoms with Crippen molar-refractivity contribution in [2.75, 3.05) is 13.7 Å². The van der Waals surface area contributed by atoms with Gasteiger partial charge >= 0.3 is 0 Å². The first kappa shape index (κ1) is 36.4. The van der Waals surface area contributed by atoms with Crippen LogP contribution in [0, 0.1) is 11.8 Å².